The molecule has 3 saturated carbocycles. The molecule has 0 aromatic heterocycles. The molecule has 0 radical (unpaired) electrons. The monoisotopic (exact) mass is 506 g/mol. The highest BCUT2D eigenvalue weighted by atomic mass is 79.9. The van der Waals surface area contributed by atoms with Crippen molar-refractivity contribution in [1.29, 1.82) is 0 Å². The minimum Gasteiger partial charge on any atom is -0.462 e. The molecule has 4 aliphatic rings. The molecular weight excluding hydrogens is 460 g/mol. The summed E-state index contributed by atoms with van der Waals surface area (Å²) in [5.74, 6) is 4.86. The standard InChI is InChI=1S/C29H47BrO2/c1-18(2)8-7-9-19(3)23-10-11-24-27-25(13-15-29(23,24)6)28(5)14-12-22(32-20(4)31)16-21(28)17-26(27)30/h17-19,22-27H,7-16H2,1-6H3. The van der Waals surface area contributed by atoms with Gasteiger partial charge in [-0.15, -0.1) is 0 Å². The maximum Gasteiger partial charge on any atom is 0.302 e. The van der Waals surface area contributed by atoms with Gasteiger partial charge < -0.3 is 4.74 Å². The van der Waals surface area contributed by atoms with Gasteiger partial charge in [-0.2, -0.15) is 0 Å². The quantitative estimate of drug-likeness (QED) is 0.205. The Labute approximate surface area is 205 Å². The average molecular weight is 508 g/mol. The molecule has 0 aliphatic heterocycles. The fraction of sp³-hybridized carbons (Fsp3) is 0.897. The highest BCUT2D eigenvalue weighted by Gasteiger charge is 2.61. The lowest BCUT2D eigenvalue weighted by atomic mass is 9.47. The van der Waals surface area contributed by atoms with Crippen LogP contribution in [0.4, 0.5) is 0 Å². The Balaban J connectivity index is 1.51. The van der Waals surface area contributed by atoms with Crippen molar-refractivity contribution in [3.05, 3.63) is 11.6 Å². The summed E-state index contributed by atoms with van der Waals surface area (Å²) in [4.78, 5) is 12.0. The SMILES string of the molecule is CC(=O)OC1CCC2(C)C(=CC(Br)C3C2CCC2(C)C(C(C)CCCC(C)C)CCC32)C1. The molecule has 0 N–H and O–H groups in total. The number of rotatable bonds is 6. The van der Waals surface area contributed by atoms with Crippen molar-refractivity contribution in [3.8, 4) is 0 Å². The lowest BCUT2D eigenvalue weighted by molar-refractivity contribution is -0.148. The molecule has 0 aromatic carbocycles. The van der Waals surface area contributed by atoms with Gasteiger partial charge in [0, 0.05) is 18.2 Å². The first-order valence-corrected chi connectivity index (χ1v) is 14.5. The van der Waals surface area contributed by atoms with Crippen LogP contribution in [0.3, 0.4) is 0 Å². The molecule has 2 nitrogen and oxygen atoms in total. The van der Waals surface area contributed by atoms with E-state index in [2.05, 4.69) is 56.6 Å². The van der Waals surface area contributed by atoms with E-state index in [-0.39, 0.29) is 12.1 Å². The molecular formula is C29H47BrO2. The number of allylic oxidation sites excluding steroid dienone is 1. The molecule has 0 aromatic rings. The van der Waals surface area contributed by atoms with Gasteiger partial charge in [-0.25, -0.2) is 0 Å². The summed E-state index contributed by atoms with van der Waals surface area (Å²) in [6.07, 6.45) is 15.6. The molecule has 0 saturated heterocycles. The third-order valence-corrected chi connectivity index (χ3v) is 11.5. The van der Waals surface area contributed by atoms with Crippen LogP contribution in [-0.4, -0.2) is 16.9 Å². The highest BCUT2D eigenvalue weighted by molar-refractivity contribution is 9.09. The first-order valence-electron chi connectivity index (χ1n) is 13.6. The number of hydrogen-bond acceptors (Lipinski definition) is 2. The van der Waals surface area contributed by atoms with Crippen LogP contribution in [0.5, 0.6) is 0 Å². The lowest BCUT2D eigenvalue weighted by Gasteiger charge is -2.59. The van der Waals surface area contributed by atoms with Crippen LogP contribution in [0, 0.1) is 46.3 Å². The van der Waals surface area contributed by atoms with Crippen molar-refractivity contribution in [3.63, 3.8) is 0 Å². The average Bonchev–Trinajstić information content (AvgIpc) is 3.05. The van der Waals surface area contributed by atoms with Crippen LogP contribution in [0.25, 0.3) is 0 Å². The predicted molar refractivity (Wildman–Crippen MR) is 137 cm³/mol. The summed E-state index contributed by atoms with van der Waals surface area (Å²) >= 11 is 4.18. The van der Waals surface area contributed by atoms with E-state index in [9.17, 15) is 4.79 Å². The van der Waals surface area contributed by atoms with E-state index in [0.29, 0.717) is 15.7 Å². The van der Waals surface area contributed by atoms with Crippen LogP contribution >= 0.6 is 15.9 Å². The molecule has 0 bridgehead atoms. The fourth-order valence-corrected chi connectivity index (χ4v) is 9.99. The first kappa shape index (κ1) is 24.8. The Morgan fingerprint density at radius 3 is 2.53 bits per heavy atom. The Morgan fingerprint density at radius 2 is 1.84 bits per heavy atom. The maximum absolute atomic E-state index is 11.5. The van der Waals surface area contributed by atoms with Gasteiger partial charge in [0.25, 0.3) is 0 Å². The minimum absolute atomic E-state index is 0.0829. The summed E-state index contributed by atoms with van der Waals surface area (Å²) < 4.78 is 5.63. The maximum atomic E-state index is 11.5. The molecule has 3 fully saturated rings. The number of ether oxygens (including phenoxy) is 1. The third-order valence-electron chi connectivity index (χ3n) is 10.6. The molecule has 3 heteroatoms. The Hall–Kier alpha value is -0.310. The van der Waals surface area contributed by atoms with Gasteiger partial charge in [0.2, 0.25) is 0 Å². The Morgan fingerprint density at radius 1 is 1.09 bits per heavy atom. The van der Waals surface area contributed by atoms with Crippen molar-refractivity contribution < 1.29 is 9.53 Å². The van der Waals surface area contributed by atoms with Crippen molar-refractivity contribution in [2.75, 3.05) is 0 Å². The van der Waals surface area contributed by atoms with E-state index in [1.807, 2.05) is 0 Å². The predicted octanol–water partition coefficient (Wildman–Crippen LogP) is 8.33. The summed E-state index contributed by atoms with van der Waals surface area (Å²) in [6, 6.07) is 0. The van der Waals surface area contributed by atoms with Gasteiger partial charge >= 0.3 is 5.97 Å². The normalized spacial score (nSPS) is 44.3. The van der Waals surface area contributed by atoms with Gasteiger partial charge in [-0.05, 0) is 84.9 Å². The van der Waals surface area contributed by atoms with Gasteiger partial charge in [0.1, 0.15) is 6.10 Å². The van der Waals surface area contributed by atoms with Crippen LogP contribution in [0.1, 0.15) is 106 Å². The molecule has 0 spiro atoms. The third kappa shape index (κ3) is 4.38. The molecule has 9 unspecified atom stereocenters. The molecule has 0 amide bonds. The molecule has 182 valence electrons. The number of carbonyl (C=O) groups excluding carboxylic acids is 1. The number of halogens is 1. The molecule has 4 aliphatic carbocycles. The van der Waals surface area contributed by atoms with Crippen molar-refractivity contribution >= 4 is 21.9 Å². The largest absolute Gasteiger partial charge is 0.462 e. The number of alkyl halides is 1. The smallest absolute Gasteiger partial charge is 0.302 e. The van der Waals surface area contributed by atoms with Gasteiger partial charge in [-0.3, -0.25) is 4.79 Å². The number of carbonyl (C=O) groups is 1. The van der Waals surface area contributed by atoms with Crippen molar-refractivity contribution in [1.82, 2.24) is 0 Å². The zero-order valence-electron chi connectivity index (χ0n) is 21.5. The van der Waals surface area contributed by atoms with Gasteiger partial charge in [-0.1, -0.05) is 81.5 Å². The van der Waals surface area contributed by atoms with Gasteiger partial charge in [0.05, 0.1) is 0 Å². The topological polar surface area (TPSA) is 26.3 Å². The second-order valence-corrected chi connectivity index (χ2v) is 13.9. The van der Waals surface area contributed by atoms with Crippen LogP contribution < -0.4 is 0 Å². The van der Waals surface area contributed by atoms with E-state index < -0.39 is 0 Å². The summed E-state index contributed by atoms with van der Waals surface area (Å²) in [7, 11) is 0. The first-order chi connectivity index (χ1) is 15.1. The van der Waals surface area contributed by atoms with Crippen molar-refractivity contribution in [2.24, 2.45) is 46.3 Å². The molecule has 9 atom stereocenters. The van der Waals surface area contributed by atoms with E-state index in [1.54, 1.807) is 12.5 Å². The lowest BCUT2D eigenvalue weighted by Crippen LogP contribution is -2.54. The molecule has 4 rings (SSSR count). The zero-order chi connectivity index (χ0) is 23.3. The Kier molecular flexibility index (Phi) is 7.27. The van der Waals surface area contributed by atoms with E-state index in [4.69, 9.17) is 4.74 Å². The zero-order valence-corrected chi connectivity index (χ0v) is 23.0. The highest BCUT2D eigenvalue weighted by Crippen LogP contribution is 2.68. The second kappa shape index (κ2) is 9.38. The van der Waals surface area contributed by atoms with Crippen molar-refractivity contribution in [2.45, 2.75) is 117 Å². The van der Waals surface area contributed by atoms with Crippen LogP contribution in [0.15, 0.2) is 11.6 Å². The second-order valence-electron chi connectivity index (χ2n) is 12.8. The number of fused-ring (bicyclic) bond motifs is 5. The number of hydrogen-bond donors (Lipinski definition) is 0. The molecule has 32 heavy (non-hydrogen) atoms. The number of esters is 1. The van der Waals surface area contributed by atoms with Crippen LogP contribution in [0.2, 0.25) is 0 Å². The summed E-state index contributed by atoms with van der Waals surface area (Å²) in [6.45, 7) is 14.0. The van der Waals surface area contributed by atoms with E-state index in [0.717, 1.165) is 48.3 Å². The summed E-state index contributed by atoms with van der Waals surface area (Å²) in [5, 5.41) is 0. The summed E-state index contributed by atoms with van der Waals surface area (Å²) in [5.41, 5.74) is 2.38. The van der Waals surface area contributed by atoms with Crippen LogP contribution in [-0.2, 0) is 9.53 Å². The Bertz CT molecular complexity index is 729. The van der Waals surface area contributed by atoms with E-state index in [1.165, 1.54) is 51.4 Å². The fourth-order valence-electron chi connectivity index (χ4n) is 8.93. The van der Waals surface area contributed by atoms with E-state index >= 15 is 0 Å². The van der Waals surface area contributed by atoms with Gasteiger partial charge in [0.15, 0.2) is 0 Å². The molecule has 0 heterocycles. The minimum atomic E-state index is -0.128.